The van der Waals surface area contributed by atoms with E-state index in [9.17, 15) is 14.9 Å². The number of hydrogen-bond donors (Lipinski definition) is 0. The van der Waals surface area contributed by atoms with Gasteiger partial charge >= 0.3 is 5.97 Å². The topological polar surface area (TPSA) is 78.7 Å². The maximum Gasteiger partial charge on any atom is 0.349 e. The Morgan fingerprint density at radius 2 is 1.82 bits per heavy atom. The van der Waals surface area contributed by atoms with E-state index in [4.69, 9.17) is 9.47 Å². The Labute approximate surface area is 127 Å². The lowest BCUT2D eigenvalue weighted by Crippen LogP contribution is -2.18. The number of carbonyl (C=O) groups excluding carboxylic acids is 1. The van der Waals surface area contributed by atoms with Crippen LogP contribution in [-0.2, 0) is 4.79 Å². The molecule has 2 aromatic carbocycles. The smallest absolute Gasteiger partial charge is 0.349 e. The van der Waals surface area contributed by atoms with Crippen molar-refractivity contribution < 1.29 is 19.2 Å². The van der Waals surface area contributed by atoms with E-state index in [1.54, 1.807) is 6.07 Å². The molecule has 0 saturated carbocycles. The van der Waals surface area contributed by atoms with Crippen LogP contribution in [0.25, 0.3) is 0 Å². The Hall–Kier alpha value is -2.89. The quantitative estimate of drug-likeness (QED) is 0.367. The van der Waals surface area contributed by atoms with Gasteiger partial charge in [0.15, 0.2) is 6.61 Å². The average molecular weight is 301 g/mol. The molecule has 0 atom stereocenters. The lowest BCUT2D eigenvalue weighted by molar-refractivity contribution is -0.384. The minimum atomic E-state index is -0.575. The fourth-order valence-electron chi connectivity index (χ4n) is 1.89. The summed E-state index contributed by atoms with van der Waals surface area (Å²) in [4.78, 5) is 21.7. The third-order valence-electron chi connectivity index (χ3n) is 2.96. The maximum atomic E-state index is 11.7. The molecule has 6 nitrogen and oxygen atoms in total. The Bertz CT molecular complexity index is 694. The molecule has 0 aliphatic rings. The zero-order valence-corrected chi connectivity index (χ0v) is 12.2. The first-order valence-corrected chi connectivity index (χ1v) is 6.61. The van der Waals surface area contributed by atoms with E-state index in [1.807, 2.05) is 26.0 Å². The first kappa shape index (κ1) is 15.5. The molecule has 0 spiro atoms. The standard InChI is InChI=1S/C16H15NO5/c1-11-3-8-15(12(2)9-11)21-10-16(18)22-14-6-4-13(5-7-14)17(19)20/h3-9H,10H2,1-2H3. The van der Waals surface area contributed by atoms with Gasteiger partial charge in [-0.1, -0.05) is 17.7 Å². The van der Waals surface area contributed by atoms with Gasteiger partial charge in [0.05, 0.1) is 4.92 Å². The van der Waals surface area contributed by atoms with Gasteiger partial charge in [-0.3, -0.25) is 10.1 Å². The third-order valence-corrected chi connectivity index (χ3v) is 2.96. The number of esters is 1. The molecule has 6 heteroatoms. The summed E-state index contributed by atoms with van der Waals surface area (Å²) < 4.78 is 10.5. The number of hydrogen-bond acceptors (Lipinski definition) is 5. The normalized spacial score (nSPS) is 10.1. The van der Waals surface area contributed by atoms with Gasteiger partial charge in [0, 0.05) is 12.1 Å². The lowest BCUT2D eigenvalue weighted by atomic mass is 10.1. The van der Waals surface area contributed by atoms with Crippen LogP contribution < -0.4 is 9.47 Å². The highest BCUT2D eigenvalue weighted by Crippen LogP contribution is 2.20. The lowest BCUT2D eigenvalue weighted by Gasteiger charge is -2.09. The SMILES string of the molecule is Cc1ccc(OCC(=O)Oc2ccc([N+](=O)[O-])cc2)c(C)c1. The summed E-state index contributed by atoms with van der Waals surface area (Å²) in [6, 6.07) is 10.9. The summed E-state index contributed by atoms with van der Waals surface area (Å²) in [7, 11) is 0. The molecule has 0 radical (unpaired) electrons. The highest BCUT2D eigenvalue weighted by molar-refractivity contribution is 5.74. The number of rotatable bonds is 5. The van der Waals surface area contributed by atoms with E-state index in [2.05, 4.69) is 0 Å². The zero-order chi connectivity index (χ0) is 16.1. The van der Waals surface area contributed by atoms with Gasteiger partial charge in [-0.15, -0.1) is 0 Å². The summed E-state index contributed by atoms with van der Waals surface area (Å²) >= 11 is 0. The van der Waals surface area contributed by atoms with Crippen LogP contribution >= 0.6 is 0 Å². The minimum Gasteiger partial charge on any atom is -0.482 e. The Morgan fingerprint density at radius 1 is 1.14 bits per heavy atom. The van der Waals surface area contributed by atoms with E-state index >= 15 is 0 Å². The minimum absolute atomic E-state index is 0.0636. The molecule has 0 fully saturated rings. The molecule has 0 aliphatic carbocycles. The number of carbonyl (C=O) groups is 1. The monoisotopic (exact) mass is 301 g/mol. The van der Waals surface area contributed by atoms with E-state index < -0.39 is 10.9 Å². The molecule has 2 rings (SSSR count). The highest BCUT2D eigenvalue weighted by Gasteiger charge is 2.10. The molecule has 0 saturated heterocycles. The summed E-state index contributed by atoms with van der Waals surface area (Å²) in [6.45, 7) is 3.63. The van der Waals surface area contributed by atoms with Crippen molar-refractivity contribution in [3.05, 3.63) is 63.7 Å². The number of nitro groups is 1. The van der Waals surface area contributed by atoms with Gasteiger partial charge in [-0.05, 0) is 37.6 Å². The van der Waals surface area contributed by atoms with E-state index in [0.717, 1.165) is 11.1 Å². The number of aryl methyl sites for hydroxylation is 2. The molecule has 114 valence electrons. The van der Waals surface area contributed by atoms with Crippen molar-refractivity contribution in [2.24, 2.45) is 0 Å². The molecule has 0 amide bonds. The predicted molar refractivity (Wildman–Crippen MR) is 80.1 cm³/mol. The number of non-ortho nitro benzene ring substituents is 1. The third kappa shape index (κ3) is 4.05. The fourth-order valence-corrected chi connectivity index (χ4v) is 1.89. The summed E-state index contributed by atoms with van der Waals surface area (Å²) in [5, 5.41) is 10.5. The molecule has 0 heterocycles. The number of benzene rings is 2. The van der Waals surface area contributed by atoms with Crippen LogP contribution in [0.2, 0.25) is 0 Å². The van der Waals surface area contributed by atoms with Crippen molar-refractivity contribution in [3.63, 3.8) is 0 Å². The van der Waals surface area contributed by atoms with E-state index in [0.29, 0.717) is 5.75 Å². The predicted octanol–water partition coefficient (Wildman–Crippen LogP) is 3.20. The van der Waals surface area contributed by atoms with Crippen molar-refractivity contribution in [2.75, 3.05) is 6.61 Å². The molecule has 0 aromatic heterocycles. The van der Waals surface area contributed by atoms with Crippen LogP contribution in [0.15, 0.2) is 42.5 Å². The van der Waals surface area contributed by atoms with Crippen molar-refractivity contribution in [1.29, 1.82) is 0 Å². The summed E-state index contributed by atoms with van der Waals surface area (Å²) in [5.74, 6) is 0.278. The van der Waals surface area contributed by atoms with Crippen LogP contribution in [0.4, 0.5) is 5.69 Å². The molecule has 0 aliphatic heterocycles. The highest BCUT2D eigenvalue weighted by atomic mass is 16.6. The van der Waals surface area contributed by atoms with Crippen LogP contribution in [0.1, 0.15) is 11.1 Å². The Morgan fingerprint density at radius 3 is 2.41 bits per heavy atom. The van der Waals surface area contributed by atoms with Gasteiger partial charge in [0.2, 0.25) is 0 Å². The molecular weight excluding hydrogens is 286 g/mol. The van der Waals surface area contributed by atoms with Gasteiger partial charge in [0.1, 0.15) is 11.5 Å². The molecule has 0 unspecified atom stereocenters. The Kier molecular flexibility index (Phi) is 4.73. The Balaban J connectivity index is 1.91. The molecular formula is C16H15NO5. The molecule has 0 N–H and O–H groups in total. The van der Waals surface area contributed by atoms with Crippen LogP contribution in [0.3, 0.4) is 0 Å². The van der Waals surface area contributed by atoms with E-state index in [-0.39, 0.29) is 18.0 Å². The zero-order valence-electron chi connectivity index (χ0n) is 12.2. The molecule has 2 aromatic rings. The van der Waals surface area contributed by atoms with E-state index in [1.165, 1.54) is 24.3 Å². The summed E-state index contributed by atoms with van der Waals surface area (Å²) in [5.41, 5.74) is 1.98. The van der Waals surface area contributed by atoms with Gasteiger partial charge < -0.3 is 9.47 Å². The second-order valence-electron chi connectivity index (χ2n) is 4.78. The fraction of sp³-hybridized carbons (Fsp3) is 0.188. The van der Waals surface area contributed by atoms with Gasteiger partial charge in [-0.25, -0.2) is 4.79 Å². The van der Waals surface area contributed by atoms with Crippen LogP contribution in [0, 0.1) is 24.0 Å². The van der Waals surface area contributed by atoms with Crippen molar-refractivity contribution in [3.8, 4) is 11.5 Å². The first-order chi connectivity index (χ1) is 10.5. The van der Waals surface area contributed by atoms with Crippen molar-refractivity contribution >= 4 is 11.7 Å². The number of nitrogens with zero attached hydrogens (tertiary/aromatic N) is 1. The molecule has 0 bridgehead atoms. The van der Waals surface area contributed by atoms with Crippen molar-refractivity contribution in [1.82, 2.24) is 0 Å². The molecule has 22 heavy (non-hydrogen) atoms. The average Bonchev–Trinajstić information content (AvgIpc) is 2.47. The first-order valence-electron chi connectivity index (χ1n) is 6.61. The summed E-state index contributed by atoms with van der Waals surface area (Å²) in [6.07, 6.45) is 0. The van der Waals surface area contributed by atoms with Crippen molar-refractivity contribution in [2.45, 2.75) is 13.8 Å². The van der Waals surface area contributed by atoms with Crippen LogP contribution in [0.5, 0.6) is 11.5 Å². The largest absolute Gasteiger partial charge is 0.482 e. The van der Waals surface area contributed by atoms with Gasteiger partial charge in [-0.2, -0.15) is 0 Å². The maximum absolute atomic E-state index is 11.7. The number of ether oxygens (including phenoxy) is 2. The number of nitro benzene ring substituents is 1. The second-order valence-corrected chi connectivity index (χ2v) is 4.78. The second kappa shape index (κ2) is 6.71. The van der Waals surface area contributed by atoms with Crippen LogP contribution in [-0.4, -0.2) is 17.5 Å². The van der Waals surface area contributed by atoms with Gasteiger partial charge in [0.25, 0.3) is 5.69 Å².